The Morgan fingerprint density at radius 2 is 1.78 bits per heavy atom. The van der Waals surface area contributed by atoms with Gasteiger partial charge < -0.3 is 5.32 Å². The van der Waals surface area contributed by atoms with Crippen molar-refractivity contribution in [3.05, 3.63) is 69.7 Å². The van der Waals surface area contributed by atoms with Crippen LogP contribution in [0.1, 0.15) is 40.2 Å². The number of thiazole rings is 1. The first-order valence-corrected chi connectivity index (χ1v) is 13.1. The number of halogens is 1. The molecule has 4 rings (SSSR count). The Hall–Kier alpha value is -2.26. The van der Waals surface area contributed by atoms with E-state index in [9.17, 15) is 13.2 Å². The quantitative estimate of drug-likeness (QED) is 0.535. The molecule has 2 aromatic carbocycles. The largest absolute Gasteiger partial charge is 0.347 e. The number of aryl methyl sites for hydroxylation is 1. The van der Waals surface area contributed by atoms with Crippen LogP contribution in [0.2, 0.25) is 5.02 Å². The summed E-state index contributed by atoms with van der Waals surface area (Å²) in [6.45, 7) is 3.34. The van der Waals surface area contributed by atoms with Gasteiger partial charge in [-0.15, -0.1) is 11.3 Å². The van der Waals surface area contributed by atoms with Gasteiger partial charge in [0.25, 0.3) is 5.91 Å². The number of rotatable bonds is 6. The summed E-state index contributed by atoms with van der Waals surface area (Å²) in [5, 5.41) is 4.34. The molecule has 1 amide bonds. The van der Waals surface area contributed by atoms with Crippen LogP contribution < -0.4 is 5.32 Å². The Balaban J connectivity index is 1.42. The average Bonchev–Trinajstić information content (AvgIpc) is 3.18. The number of nitrogens with zero attached hydrogens (tertiary/aromatic N) is 2. The van der Waals surface area contributed by atoms with Crippen molar-refractivity contribution in [2.45, 2.75) is 37.6 Å². The number of carbonyl (C=O) groups excluding carboxylic acids is 1. The zero-order chi connectivity index (χ0) is 22.7. The van der Waals surface area contributed by atoms with Gasteiger partial charge in [-0.3, -0.25) is 4.79 Å². The van der Waals surface area contributed by atoms with Crippen LogP contribution in [0.25, 0.3) is 10.6 Å². The zero-order valence-electron chi connectivity index (χ0n) is 17.7. The van der Waals surface area contributed by atoms with Crippen LogP contribution in [0.4, 0.5) is 0 Å². The lowest BCUT2D eigenvalue weighted by molar-refractivity contribution is 0.0951. The molecular weight excluding hydrogens is 466 g/mol. The Morgan fingerprint density at radius 1 is 1.09 bits per heavy atom. The maximum atomic E-state index is 12.8. The van der Waals surface area contributed by atoms with E-state index in [1.165, 1.54) is 27.8 Å². The third-order valence-electron chi connectivity index (χ3n) is 5.48. The second kappa shape index (κ2) is 9.70. The van der Waals surface area contributed by atoms with Gasteiger partial charge in [0.05, 0.1) is 22.2 Å². The van der Waals surface area contributed by atoms with Crippen molar-refractivity contribution in [2.75, 3.05) is 13.1 Å². The molecule has 32 heavy (non-hydrogen) atoms. The third-order valence-corrected chi connectivity index (χ3v) is 8.91. The van der Waals surface area contributed by atoms with Gasteiger partial charge in [0.2, 0.25) is 10.0 Å². The SMILES string of the molecule is Cc1nc(-c2ccccc2Cl)sc1CNC(=O)c1ccc(S(=O)(=O)N2CCCCC2)cc1. The van der Waals surface area contributed by atoms with E-state index in [-0.39, 0.29) is 10.8 Å². The monoisotopic (exact) mass is 489 g/mol. The fourth-order valence-corrected chi connectivity index (χ4v) is 6.48. The molecule has 1 fully saturated rings. The number of carbonyl (C=O) groups is 1. The molecule has 168 valence electrons. The van der Waals surface area contributed by atoms with E-state index in [2.05, 4.69) is 10.3 Å². The number of nitrogens with one attached hydrogen (secondary N) is 1. The number of sulfonamides is 1. The van der Waals surface area contributed by atoms with Crippen molar-refractivity contribution in [3.8, 4) is 10.6 Å². The highest BCUT2D eigenvalue weighted by Crippen LogP contribution is 2.32. The van der Waals surface area contributed by atoms with Gasteiger partial charge in [-0.2, -0.15) is 4.31 Å². The predicted octanol–water partition coefficient (Wildman–Crippen LogP) is 4.88. The highest BCUT2D eigenvalue weighted by Gasteiger charge is 2.26. The van der Waals surface area contributed by atoms with Gasteiger partial charge in [-0.05, 0) is 50.1 Å². The van der Waals surface area contributed by atoms with E-state index >= 15 is 0 Å². The fourth-order valence-electron chi connectivity index (χ4n) is 3.64. The summed E-state index contributed by atoms with van der Waals surface area (Å²) in [5.41, 5.74) is 2.12. The second-order valence-corrected chi connectivity index (χ2v) is 11.1. The van der Waals surface area contributed by atoms with Crippen LogP contribution in [0, 0.1) is 6.92 Å². The molecule has 0 saturated carbocycles. The summed E-state index contributed by atoms with van der Waals surface area (Å²) in [4.78, 5) is 18.4. The van der Waals surface area contributed by atoms with E-state index in [1.54, 1.807) is 12.1 Å². The minimum absolute atomic E-state index is 0.221. The maximum absolute atomic E-state index is 12.8. The van der Waals surface area contributed by atoms with Crippen LogP contribution in [0.3, 0.4) is 0 Å². The molecule has 0 radical (unpaired) electrons. The number of piperidine rings is 1. The van der Waals surface area contributed by atoms with Gasteiger partial charge in [-0.1, -0.05) is 36.2 Å². The Morgan fingerprint density at radius 3 is 2.47 bits per heavy atom. The number of hydrogen-bond acceptors (Lipinski definition) is 5. The first-order valence-electron chi connectivity index (χ1n) is 10.5. The smallest absolute Gasteiger partial charge is 0.251 e. The zero-order valence-corrected chi connectivity index (χ0v) is 20.1. The number of amides is 1. The van der Waals surface area contributed by atoms with Gasteiger partial charge >= 0.3 is 0 Å². The maximum Gasteiger partial charge on any atom is 0.251 e. The van der Waals surface area contributed by atoms with Crippen LogP contribution in [0.5, 0.6) is 0 Å². The molecule has 1 N–H and O–H groups in total. The molecule has 6 nitrogen and oxygen atoms in total. The molecule has 1 saturated heterocycles. The number of aromatic nitrogens is 1. The second-order valence-electron chi connectivity index (χ2n) is 7.68. The van der Waals surface area contributed by atoms with Crippen molar-refractivity contribution in [1.29, 1.82) is 0 Å². The molecule has 0 aliphatic carbocycles. The fraction of sp³-hybridized carbons (Fsp3) is 0.304. The Kier molecular flexibility index (Phi) is 6.95. The topological polar surface area (TPSA) is 79.4 Å². The Bertz CT molecular complexity index is 1220. The van der Waals surface area contributed by atoms with Crippen molar-refractivity contribution in [2.24, 2.45) is 0 Å². The van der Waals surface area contributed by atoms with E-state index in [4.69, 9.17) is 11.6 Å². The molecular formula is C23H24ClN3O3S2. The summed E-state index contributed by atoms with van der Waals surface area (Å²) < 4.78 is 27.1. The first-order chi connectivity index (χ1) is 15.4. The lowest BCUT2D eigenvalue weighted by atomic mass is 10.2. The molecule has 1 aliphatic rings. The molecule has 2 heterocycles. The van der Waals surface area contributed by atoms with E-state index < -0.39 is 10.0 Å². The minimum Gasteiger partial charge on any atom is -0.347 e. The van der Waals surface area contributed by atoms with Crippen LogP contribution >= 0.6 is 22.9 Å². The highest BCUT2D eigenvalue weighted by atomic mass is 35.5. The van der Waals surface area contributed by atoms with E-state index in [0.29, 0.717) is 30.2 Å². The number of hydrogen-bond donors (Lipinski definition) is 1. The minimum atomic E-state index is -3.51. The summed E-state index contributed by atoms with van der Waals surface area (Å²) in [7, 11) is -3.51. The van der Waals surface area contributed by atoms with Gasteiger partial charge in [0.15, 0.2) is 0 Å². The van der Waals surface area contributed by atoms with Gasteiger partial charge in [0, 0.05) is 29.1 Å². The molecule has 3 aromatic rings. The Labute approximate surface area is 197 Å². The summed E-state index contributed by atoms with van der Waals surface area (Å²) in [5.74, 6) is -0.265. The molecule has 1 aliphatic heterocycles. The lowest BCUT2D eigenvalue weighted by Gasteiger charge is -2.25. The van der Waals surface area contributed by atoms with Crippen molar-refractivity contribution in [3.63, 3.8) is 0 Å². The third kappa shape index (κ3) is 4.88. The van der Waals surface area contributed by atoms with Crippen molar-refractivity contribution in [1.82, 2.24) is 14.6 Å². The number of benzene rings is 2. The van der Waals surface area contributed by atoms with Crippen LogP contribution in [-0.4, -0.2) is 36.7 Å². The summed E-state index contributed by atoms with van der Waals surface area (Å²) >= 11 is 7.76. The lowest BCUT2D eigenvalue weighted by Crippen LogP contribution is -2.35. The standard InChI is InChI=1S/C23H24ClN3O3S2/c1-16-21(31-23(26-16)19-7-3-4-8-20(19)24)15-25-22(28)17-9-11-18(12-10-17)32(29,30)27-13-5-2-6-14-27/h3-4,7-12H,2,5-6,13-15H2,1H3,(H,25,28). The average molecular weight is 490 g/mol. The van der Waals surface area contributed by atoms with Crippen molar-refractivity contribution < 1.29 is 13.2 Å². The summed E-state index contributed by atoms with van der Waals surface area (Å²) in [6, 6.07) is 13.7. The van der Waals surface area contributed by atoms with E-state index in [1.807, 2.05) is 31.2 Å². The predicted molar refractivity (Wildman–Crippen MR) is 128 cm³/mol. The molecule has 1 aromatic heterocycles. The molecule has 0 spiro atoms. The first kappa shape index (κ1) is 22.9. The van der Waals surface area contributed by atoms with E-state index in [0.717, 1.165) is 40.4 Å². The van der Waals surface area contributed by atoms with Crippen LogP contribution in [0.15, 0.2) is 53.4 Å². The van der Waals surface area contributed by atoms with Gasteiger partial charge in [-0.25, -0.2) is 13.4 Å². The molecule has 0 atom stereocenters. The highest BCUT2D eigenvalue weighted by molar-refractivity contribution is 7.89. The molecule has 0 unspecified atom stereocenters. The molecule has 0 bridgehead atoms. The molecule has 9 heteroatoms. The van der Waals surface area contributed by atoms with Crippen molar-refractivity contribution >= 4 is 38.9 Å². The van der Waals surface area contributed by atoms with Gasteiger partial charge in [0.1, 0.15) is 5.01 Å². The normalized spacial score (nSPS) is 14.9. The summed E-state index contributed by atoms with van der Waals surface area (Å²) in [6.07, 6.45) is 2.83. The van der Waals surface area contributed by atoms with Crippen LogP contribution in [-0.2, 0) is 16.6 Å².